The second-order valence-electron chi connectivity index (χ2n) is 5.69. The summed E-state index contributed by atoms with van der Waals surface area (Å²) in [6.45, 7) is 8.90. The Morgan fingerprint density at radius 3 is 2.72 bits per heavy atom. The van der Waals surface area contributed by atoms with E-state index in [1.165, 1.54) is 4.90 Å². The fourth-order valence-electron chi connectivity index (χ4n) is 1.97. The van der Waals surface area contributed by atoms with Crippen LogP contribution in [0.4, 0.5) is 10.5 Å². The van der Waals surface area contributed by atoms with Gasteiger partial charge in [-0.1, -0.05) is 19.1 Å². The Labute approximate surface area is 113 Å². The van der Waals surface area contributed by atoms with Crippen molar-refractivity contribution in [2.24, 2.45) is 0 Å². The van der Waals surface area contributed by atoms with Crippen LogP contribution >= 0.6 is 11.8 Å². The maximum absolute atomic E-state index is 12.3. The molecule has 0 aromatic heterocycles. The van der Waals surface area contributed by atoms with Crippen molar-refractivity contribution in [3.63, 3.8) is 0 Å². The van der Waals surface area contributed by atoms with E-state index in [0.717, 1.165) is 12.2 Å². The van der Waals surface area contributed by atoms with E-state index >= 15 is 0 Å². The van der Waals surface area contributed by atoms with E-state index in [0.29, 0.717) is 5.25 Å². The molecule has 0 radical (unpaired) electrons. The fourth-order valence-corrected chi connectivity index (χ4v) is 3.08. The summed E-state index contributed by atoms with van der Waals surface area (Å²) in [4.78, 5) is 15.4. The number of carbonyl (C=O) groups is 1. The van der Waals surface area contributed by atoms with Crippen LogP contribution in [0.1, 0.15) is 27.7 Å². The minimum absolute atomic E-state index is 0.0119. The topological polar surface area (TPSA) is 32.3 Å². The lowest BCUT2D eigenvalue weighted by molar-refractivity contribution is 0.237. The van der Waals surface area contributed by atoms with Crippen molar-refractivity contribution >= 4 is 23.5 Å². The zero-order chi connectivity index (χ0) is 13.3. The molecule has 3 nitrogen and oxygen atoms in total. The molecule has 0 aliphatic carbocycles. The second-order valence-corrected chi connectivity index (χ2v) is 7.17. The Morgan fingerprint density at radius 2 is 2.06 bits per heavy atom. The molecule has 0 spiro atoms. The predicted octanol–water partition coefficient (Wildman–Crippen LogP) is 3.50. The Morgan fingerprint density at radius 1 is 1.39 bits per heavy atom. The van der Waals surface area contributed by atoms with Crippen LogP contribution in [0.3, 0.4) is 0 Å². The van der Waals surface area contributed by atoms with E-state index < -0.39 is 0 Å². The van der Waals surface area contributed by atoms with Gasteiger partial charge >= 0.3 is 6.03 Å². The SMILES string of the molecule is CC1CN(C(=O)NC(C)(C)C)c2ccccc2S1. The summed E-state index contributed by atoms with van der Waals surface area (Å²) in [5.74, 6) is 0. The Balaban J connectivity index is 2.26. The van der Waals surface area contributed by atoms with Crippen molar-refractivity contribution < 1.29 is 4.79 Å². The smallest absolute Gasteiger partial charge is 0.322 e. The third-order valence-corrected chi connectivity index (χ3v) is 3.80. The predicted molar refractivity (Wildman–Crippen MR) is 77.4 cm³/mol. The molecule has 1 atom stereocenters. The van der Waals surface area contributed by atoms with Gasteiger partial charge < -0.3 is 5.32 Å². The van der Waals surface area contributed by atoms with Crippen molar-refractivity contribution in [3.05, 3.63) is 24.3 Å². The lowest BCUT2D eigenvalue weighted by Gasteiger charge is -2.34. The molecule has 1 N–H and O–H groups in total. The first kappa shape index (κ1) is 13.3. The van der Waals surface area contributed by atoms with Crippen molar-refractivity contribution in [1.82, 2.24) is 5.32 Å². The highest BCUT2D eigenvalue weighted by Gasteiger charge is 2.28. The number of anilines is 1. The van der Waals surface area contributed by atoms with Gasteiger partial charge in [0, 0.05) is 22.2 Å². The zero-order valence-electron chi connectivity index (χ0n) is 11.4. The number of carbonyl (C=O) groups excluding carboxylic acids is 1. The number of benzene rings is 1. The van der Waals surface area contributed by atoms with Crippen LogP contribution in [0.25, 0.3) is 0 Å². The maximum Gasteiger partial charge on any atom is 0.322 e. The van der Waals surface area contributed by atoms with Gasteiger partial charge in [0.25, 0.3) is 0 Å². The Kier molecular flexibility index (Phi) is 3.57. The van der Waals surface area contributed by atoms with Crippen molar-refractivity contribution in [2.45, 2.75) is 43.4 Å². The number of hydrogen-bond donors (Lipinski definition) is 1. The molecule has 1 unspecified atom stereocenters. The van der Waals surface area contributed by atoms with Gasteiger partial charge in [0.15, 0.2) is 0 Å². The molecule has 1 aliphatic heterocycles. The first-order valence-electron chi connectivity index (χ1n) is 6.22. The number of hydrogen-bond acceptors (Lipinski definition) is 2. The van der Waals surface area contributed by atoms with E-state index in [2.05, 4.69) is 18.3 Å². The summed E-state index contributed by atoms with van der Waals surface area (Å²) in [6.07, 6.45) is 0. The van der Waals surface area contributed by atoms with Crippen LogP contribution in [0.5, 0.6) is 0 Å². The molecular weight excluding hydrogens is 244 g/mol. The van der Waals surface area contributed by atoms with E-state index in [4.69, 9.17) is 0 Å². The van der Waals surface area contributed by atoms with Crippen LogP contribution in [0.15, 0.2) is 29.2 Å². The van der Waals surface area contributed by atoms with E-state index in [1.807, 2.05) is 55.6 Å². The number of nitrogens with one attached hydrogen (secondary N) is 1. The molecule has 0 bridgehead atoms. The van der Waals surface area contributed by atoms with E-state index in [9.17, 15) is 4.79 Å². The highest BCUT2D eigenvalue weighted by molar-refractivity contribution is 8.00. The summed E-state index contributed by atoms with van der Waals surface area (Å²) in [5, 5.41) is 3.45. The van der Waals surface area contributed by atoms with Gasteiger partial charge in [-0.2, -0.15) is 0 Å². The van der Waals surface area contributed by atoms with Crippen LogP contribution in [0, 0.1) is 0 Å². The highest BCUT2D eigenvalue weighted by Crippen LogP contribution is 2.38. The lowest BCUT2D eigenvalue weighted by Crippen LogP contribution is -2.51. The van der Waals surface area contributed by atoms with Crippen molar-refractivity contribution in [3.8, 4) is 0 Å². The molecule has 0 saturated carbocycles. The summed E-state index contributed by atoms with van der Waals surface area (Å²) < 4.78 is 0. The quantitative estimate of drug-likeness (QED) is 0.778. The van der Waals surface area contributed by atoms with Crippen LogP contribution in [-0.4, -0.2) is 23.4 Å². The number of nitrogens with zero attached hydrogens (tertiary/aromatic N) is 1. The first-order valence-corrected chi connectivity index (χ1v) is 7.10. The molecule has 0 saturated heterocycles. The summed E-state index contributed by atoms with van der Waals surface area (Å²) >= 11 is 1.83. The molecule has 1 aromatic carbocycles. The Bertz CT molecular complexity index is 453. The van der Waals surface area contributed by atoms with Gasteiger partial charge in [-0.05, 0) is 32.9 Å². The molecule has 1 aromatic rings. The van der Waals surface area contributed by atoms with Gasteiger partial charge in [0.2, 0.25) is 0 Å². The number of para-hydroxylation sites is 1. The third kappa shape index (κ3) is 2.99. The first-order chi connectivity index (χ1) is 8.37. The van der Waals surface area contributed by atoms with Gasteiger partial charge in [0.1, 0.15) is 0 Å². The molecule has 1 aliphatic rings. The molecule has 1 heterocycles. The lowest BCUT2D eigenvalue weighted by atomic mass is 10.1. The van der Waals surface area contributed by atoms with E-state index in [-0.39, 0.29) is 11.6 Å². The molecule has 18 heavy (non-hydrogen) atoms. The number of amides is 2. The molecule has 4 heteroatoms. The standard InChI is InChI=1S/C14H20N2OS/c1-10-9-16(13(17)15-14(2,3)4)11-7-5-6-8-12(11)18-10/h5-8,10H,9H2,1-4H3,(H,15,17). The van der Waals surface area contributed by atoms with Crippen LogP contribution in [-0.2, 0) is 0 Å². The van der Waals surface area contributed by atoms with Gasteiger partial charge in [0.05, 0.1) is 5.69 Å². The minimum atomic E-state index is -0.208. The molecular formula is C14H20N2OS. The number of rotatable bonds is 0. The summed E-state index contributed by atoms with van der Waals surface area (Å²) in [7, 11) is 0. The molecule has 2 amide bonds. The largest absolute Gasteiger partial charge is 0.333 e. The van der Waals surface area contributed by atoms with Gasteiger partial charge in [-0.15, -0.1) is 11.8 Å². The highest BCUT2D eigenvalue weighted by atomic mass is 32.2. The number of fused-ring (bicyclic) bond motifs is 1. The summed E-state index contributed by atoms with van der Waals surface area (Å²) in [5.41, 5.74) is 0.808. The minimum Gasteiger partial charge on any atom is -0.333 e. The monoisotopic (exact) mass is 264 g/mol. The maximum atomic E-state index is 12.3. The van der Waals surface area contributed by atoms with Crippen LogP contribution < -0.4 is 10.2 Å². The molecule has 2 rings (SSSR count). The number of thioether (sulfide) groups is 1. The average molecular weight is 264 g/mol. The molecule has 0 fully saturated rings. The summed E-state index contributed by atoms with van der Waals surface area (Å²) in [6, 6.07) is 8.07. The van der Waals surface area contributed by atoms with Crippen molar-refractivity contribution in [1.29, 1.82) is 0 Å². The normalized spacial score (nSPS) is 19.3. The van der Waals surface area contributed by atoms with Gasteiger partial charge in [-0.3, -0.25) is 4.90 Å². The number of urea groups is 1. The third-order valence-electron chi connectivity index (χ3n) is 2.65. The second kappa shape index (κ2) is 4.84. The van der Waals surface area contributed by atoms with Gasteiger partial charge in [-0.25, -0.2) is 4.79 Å². The van der Waals surface area contributed by atoms with Crippen LogP contribution in [0.2, 0.25) is 0 Å². The average Bonchev–Trinajstić information content (AvgIpc) is 2.25. The fraction of sp³-hybridized carbons (Fsp3) is 0.500. The Hall–Kier alpha value is -1.16. The molecule has 98 valence electrons. The van der Waals surface area contributed by atoms with E-state index in [1.54, 1.807) is 0 Å². The zero-order valence-corrected chi connectivity index (χ0v) is 12.2. The van der Waals surface area contributed by atoms with Crippen molar-refractivity contribution in [2.75, 3.05) is 11.4 Å².